The Morgan fingerprint density at radius 3 is 2.64 bits per heavy atom. The molecule has 0 spiro atoms. The summed E-state index contributed by atoms with van der Waals surface area (Å²) < 4.78 is 49.2. The number of hydrogen-bond acceptors (Lipinski definition) is 7. The van der Waals surface area contributed by atoms with Gasteiger partial charge in [-0.2, -0.15) is 13.2 Å². The van der Waals surface area contributed by atoms with Crippen molar-refractivity contribution in [3.63, 3.8) is 0 Å². The zero-order valence-electron chi connectivity index (χ0n) is 17.7. The first-order valence-electron chi connectivity index (χ1n) is 9.54. The molecule has 0 radical (unpaired) electrons. The molecule has 1 amide bonds. The smallest absolute Gasteiger partial charge is 0.416 e. The van der Waals surface area contributed by atoms with Crippen molar-refractivity contribution in [2.24, 2.45) is 0 Å². The Balaban J connectivity index is 1.70. The van der Waals surface area contributed by atoms with Crippen molar-refractivity contribution in [1.82, 2.24) is 15.1 Å². The number of nitrogens with zero attached hydrogens (tertiary/aromatic N) is 3. The third-order valence-electron chi connectivity index (χ3n) is 4.76. The summed E-state index contributed by atoms with van der Waals surface area (Å²) >= 11 is 6.08. The Hall–Kier alpha value is -3.47. The van der Waals surface area contributed by atoms with Gasteiger partial charge in [0.1, 0.15) is 17.0 Å². The summed E-state index contributed by atoms with van der Waals surface area (Å²) in [5, 5.41) is 6.12. The molecule has 33 heavy (non-hydrogen) atoms. The average Bonchev–Trinajstić information content (AvgIpc) is 3.25. The Morgan fingerprint density at radius 1 is 1.24 bits per heavy atom. The van der Waals surface area contributed by atoms with Crippen LogP contribution in [0.15, 0.2) is 35.1 Å². The zero-order valence-corrected chi connectivity index (χ0v) is 18.4. The zero-order chi connectivity index (χ0) is 24.3. The number of carbonyl (C=O) groups excluding carboxylic acids is 2. The van der Waals surface area contributed by atoms with Gasteiger partial charge < -0.3 is 14.6 Å². The molecule has 1 aromatic carbocycles. The van der Waals surface area contributed by atoms with Crippen LogP contribution in [0, 0.1) is 6.92 Å². The van der Waals surface area contributed by atoms with Crippen molar-refractivity contribution in [2.75, 3.05) is 12.4 Å². The first-order chi connectivity index (χ1) is 15.5. The minimum absolute atomic E-state index is 0.0170. The molecule has 12 heteroatoms. The highest BCUT2D eigenvalue weighted by Gasteiger charge is 2.32. The molecule has 8 nitrogen and oxygen atoms in total. The van der Waals surface area contributed by atoms with Crippen LogP contribution >= 0.6 is 11.6 Å². The second kappa shape index (κ2) is 9.57. The molecule has 0 aliphatic rings. The van der Waals surface area contributed by atoms with Gasteiger partial charge in [0.25, 0.3) is 5.91 Å². The standard InChI is InChI=1S/C21H18ClF3N4O4/c1-10-4-5-12(7-13(10)21(23,24)25)28-19(31)16-8-14(29-33-16)11(2)6-15(30)18-17(22)20(32-3)27-9-26-18/h4-5,7-9,11H,6H2,1-3H3,(H,28,31)/t11-/m0/s1. The summed E-state index contributed by atoms with van der Waals surface area (Å²) in [5.74, 6) is -1.82. The van der Waals surface area contributed by atoms with Crippen molar-refractivity contribution in [1.29, 1.82) is 0 Å². The molecule has 1 atom stereocenters. The number of aryl methyl sites for hydroxylation is 1. The highest BCUT2D eigenvalue weighted by molar-refractivity contribution is 6.34. The number of Topliss-reactive ketones (excluding diaryl/α,β-unsaturated/α-hetero) is 1. The fraction of sp³-hybridized carbons (Fsp3) is 0.286. The van der Waals surface area contributed by atoms with Crippen LogP contribution in [-0.2, 0) is 6.18 Å². The Morgan fingerprint density at radius 2 is 1.97 bits per heavy atom. The van der Waals surface area contributed by atoms with Crippen molar-refractivity contribution in [3.05, 3.63) is 63.9 Å². The number of benzene rings is 1. The monoisotopic (exact) mass is 482 g/mol. The van der Waals surface area contributed by atoms with Crippen LogP contribution in [0.3, 0.4) is 0 Å². The number of halogens is 4. The number of methoxy groups -OCH3 is 1. The van der Waals surface area contributed by atoms with Crippen molar-refractivity contribution < 1.29 is 32.0 Å². The molecule has 0 bridgehead atoms. The van der Waals surface area contributed by atoms with Gasteiger partial charge in [0.2, 0.25) is 11.6 Å². The molecule has 2 aromatic heterocycles. The maximum Gasteiger partial charge on any atom is 0.416 e. The third-order valence-corrected chi connectivity index (χ3v) is 5.11. The fourth-order valence-corrected chi connectivity index (χ4v) is 3.28. The lowest BCUT2D eigenvalue weighted by Gasteiger charge is -2.12. The lowest BCUT2D eigenvalue weighted by molar-refractivity contribution is -0.138. The molecular formula is C21H18ClF3N4O4. The van der Waals surface area contributed by atoms with Gasteiger partial charge in [-0.1, -0.05) is 29.7 Å². The predicted octanol–water partition coefficient (Wildman–Crippen LogP) is 5.08. The first kappa shape index (κ1) is 24.2. The number of alkyl halides is 3. The number of ketones is 1. The Labute approximate surface area is 191 Å². The highest BCUT2D eigenvalue weighted by atomic mass is 35.5. The summed E-state index contributed by atoms with van der Waals surface area (Å²) in [6.45, 7) is 3.00. The fourth-order valence-electron chi connectivity index (χ4n) is 3.00. The van der Waals surface area contributed by atoms with Gasteiger partial charge in [0, 0.05) is 24.1 Å². The van der Waals surface area contributed by atoms with Gasteiger partial charge >= 0.3 is 6.18 Å². The number of rotatable bonds is 7. The summed E-state index contributed by atoms with van der Waals surface area (Å²) in [6.07, 6.45) is -3.46. The predicted molar refractivity (Wildman–Crippen MR) is 112 cm³/mol. The maximum absolute atomic E-state index is 13.1. The largest absolute Gasteiger partial charge is 0.480 e. The van der Waals surface area contributed by atoms with Crippen molar-refractivity contribution >= 4 is 29.0 Å². The van der Waals surface area contributed by atoms with Crippen LogP contribution < -0.4 is 10.1 Å². The third kappa shape index (κ3) is 5.48. The van der Waals surface area contributed by atoms with Crippen LogP contribution in [0.4, 0.5) is 18.9 Å². The minimum atomic E-state index is -4.55. The molecule has 0 saturated heterocycles. The van der Waals surface area contributed by atoms with E-state index in [0.717, 1.165) is 12.4 Å². The second-order valence-corrected chi connectivity index (χ2v) is 7.55. The second-order valence-electron chi connectivity index (χ2n) is 7.17. The topological polar surface area (TPSA) is 107 Å². The quantitative estimate of drug-likeness (QED) is 0.468. The number of ether oxygens (including phenoxy) is 1. The van der Waals surface area contributed by atoms with Crippen molar-refractivity contribution in [3.8, 4) is 5.88 Å². The summed E-state index contributed by atoms with van der Waals surface area (Å²) in [5.41, 5.74) is -0.596. The SMILES string of the molecule is COc1ncnc(C(=O)C[C@H](C)c2cc(C(=O)Nc3ccc(C)c(C(F)(F)F)c3)on2)c1Cl. The van der Waals surface area contributed by atoms with Gasteiger partial charge in [-0.05, 0) is 24.6 Å². The van der Waals surface area contributed by atoms with E-state index in [1.807, 2.05) is 0 Å². The van der Waals surface area contributed by atoms with Crippen LogP contribution in [0.1, 0.15) is 57.1 Å². The van der Waals surface area contributed by atoms with E-state index in [4.69, 9.17) is 20.9 Å². The van der Waals surface area contributed by atoms with E-state index in [0.29, 0.717) is 5.69 Å². The van der Waals surface area contributed by atoms with Crippen LogP contribution in [0.5, 0.6) is 5.88 Å². The number of amides is 1. The normalized spacial score (nSPS) is 12.3. The molecule has 174 valence electrons. The number of hydrogen-bond donors (Lipinski definition) is 1. The van der Waals surface area contributed by atoms with Gasteiger partial charge in [0.15, 0.2) is 5.78 Å². The molecule has 0 aliphatic heterocycles. The number of nitrogens with one attached hydrogen (secondary N) is 1. The van der Waals surface area contributed by atoms with E-state index < -0.39 is 29.3 Å². The minimum Gasteiger partial charge on any atom is -0.480 e. The van der Waals surface area contributed by atoms with Crippen LogP contribution in [-0.4, -0.2) is 33.9 Å². The van der Waals surface area contributed by atoms with Crippen LogP contribution in [0.25, 0.3) is 0 Å². The van der Waals surface area contributed by atoms with E-state index in [1.54, 1.807) is 6.92 Å². The molecule has 2 heterocycles. The number of anilines is 1. The van der Waals surface area contributed by atoms with E-state index in [9.17, 15) is 22.8 Å². The van der Waals surface area contributed by atoms with E-state index >= 15 is 0 Å². The van der Waals surface area contributed by atoms with Gasteiger partial charge in [-0.15, -0.1) is 0 Å². The number of aromatic nitrogens is 3. The number of carbonyl (C=O) groups is 2. The van der Waals surface area contributed by atoms with Gasteiger partial charge in [0.05, 0.1) is 18.4 Å². The molecular weight excluding hydrogens is 465 g/mol. The van der Waals surface area contributed by atoms with E-state index in [2.05, 4.69) is 20.4 Å². The summed E-state index contributed by atoms with van der Waals surface area (Å²) in [4.78, 5) is 32.7. The molecule has 0 unspecified atom stereocenters. The molecule has 1 N–H and O–H groups in total. The molecule has 3 rings (SSSR count). The molecule has 0 aliphatic carbocycles. The van der Waals surface area contributed by atoms with Crippen molar-refractivity contribution in [2.45, 2.75) is 32.4 Å². The Bertz CT molecular complexity index is 1200. The van der Waals surface area contributed by atoms with Gasteiger partial charge in [-0.3, -0.25) is 9.59 Å². The molecule has 0 fully saturated rings. The lowest BCUT2D eigenvalue weighted by Crippen LogP contribution is -2.13. The average molecular weight is 483 g/mol. The first-order valence-corrected chi connectivity index (χ1v) is 9.92. The molecule has 3 aromatic rings. The van der Waals surface area contributed by atoms with Crippen LogP contribution in [0.2, 0.25) is 5.02 Å². The maximum atomic E-state index is 13.1. The summed E-state index contributed by atoms with van der Waals surface area (Å²) in [7, 11) is 1.35. The lowest BCUT2D eigenvalue weighted by atomic mass is 9.99. The van der Waals surface area contributed by atoms with E-state index in [1.165, 1.54) is 32.2 Å². The Kier molecular flexibility index (Phi) is 7.01. The molecule has 0 saturated carbocycles. The summed E-state index contributed by atoms with van der Waals surface area (Å²) in [6, 6.07) is 4.76. The highest BCUT2D eigenvalue weighted by Crippen LogP contribution is 2.33. The van der Waals surface area contributed by atoms with Gasteiger partial charge in [-0.25, -0.2) is 9.97 Å². The van der Waals surface area contributed by atoms with E-state index in [-0.39, 0.29) is 40.0 Å².